The van der Waals surface area contributed by atoms with E-state index in [0.29, 0.717) is 0 Å². The normalized spacial score (nSPS) is 11.0. The molecule has 20 heavy (non-hydrogen) atoms. The lowest BCUT2D eigenvalue weighted by atomic mass is 10.00. The van der Waals surface area contributed by atoms with Gasteiger partial charge in [0.25, 0.3) is 0 Å². The quantitative estimate of drug-likeness (QED) is 0.717. The van der Waals surface area contributed by atoms with Gasteiger partial charge in [-0.1, -0.05) is 0 Å². The summed E-state index contributed by atoms with van der Waals surface area (Å²) in [6, 6.07) is 7.97. The van der Waals surface area contributed by atoms with Gasteiger partial charge in [0.2, 0.25) is 0 Å². The van der Waals surface area contributed by atoms with Crippen molar-refractivity contribution in [3.63, 3.8) is 0 Å². The number of hydrogen-bond donors (Lipinski definition) is 0. The Labute approximate surface area is 125 Å². The van der Waals surface area contributed by atoms with Crippen molar-refractivity contribution in [2.24, 2.45) is 0 Å². The Bertz CT molecular complexity index is 795. The van der Waals surface area contributed by atoms with E-state index in [4.69, 9.17) is 4.74 Å². The van der Waals surface area contributed by atoms with Gasteiger partial charge in [-0.05, 0) is 65.2 Å². The molecule has 3 aromatic rings. The molecule has 0 saturated carbocycles. The Kier molecular flexibility index (Phi) is 3.22. The van der Waals surface area contributed by atoms with Crippen LogP contribution in [0.15, 0.2) is 35.1 Å². The van der Waals surface area contributed by atoms with E-state index < -0.39 is 0 Å². The second-order valence-corrected chi connectivity index (χ2v) is 5.45. The van der Waals surface area contributed by atoms with Gasteiger partial charge in [0.1, 0.15) is 10.4 Å². The molecule has 0 fully saturated rings. The van der Waals surface area contributed by atoms with Crippen LogP contribution in [0.1, 0.15) is 11.1 Å². The van der Waals surface area contributed by atoms with Crippen molar-refractivity contribution in [3.8, 4) is 17.0 Å². The molecular formula is C15H14BrN3O. The molecule has 4 nitrogen and oxygen atoms in total. The summed E-state index contributed by atoms with van der Waals surface area (Å²) in [5.74, 6) is 0.899. The zero-order valence-electron chi connectivity index (χ0n) is 11.5. The van der Waals surface area contributed by atoms with Crippen LogP contribution < -0.4 is 4.74 Å². The molecule has 0 bridgehead atoms. The molecule has 5 heteroatoms. The standard InChI is InChI=1S/C15H14BrN3O/c1-9-10(2)13(20-3)6-4-11(9)12-5-7-15-17-8-14(16)19(15)18-12/h4-8H,1-3H3. The Morgan fingerprint density at radius 1 is 1.10 bits per heavy atom. The zero-order chi connectivity index (χ0) is 14.3. The molecule has 0 radical (unpaired) electrons. The fourth-order valence-corrected chi connectivity index (χ4v) is 2.65. The first-order valence-corrected chi connectivity index (χ1v) is 7.06. The Balaban J connectivity index is 2.20. The predicted octanol–water partition coefficient (Wildman–Crippen LogP) is 3.78. The first-order chi connectivity index (χ1) is 9.61. The highest BCUT2D eigenvalue weighted by Gasteiger charge is 2.11. The monoisotopic (exact) mass is 331 g/mol. The number of nitrogens with zero attached hydrogens (tertiary/aromatic N) is 3. The van der Waals surface area contributed by atoms with Gasteiger partial charge < -0.3 is 4.74 Å². The van der Waals surface area contributed by atoms with Gasteiger partial charge in [-0.25, -0.2) is 9.50 Å². The first-order valence-electron chi connectivity index (χ1n) is 6.26. The average Bonchev–Trinajstić information content (AvgIpc) is 2.83. The number of aromatic nitrogens is 3. The Morgan fingerprint density at radius 2 is 1.90 bits per heavy atom. The molecule has 0 saturated heterocycles. The summed E-state index contributed by atoms with van der Waals surface area (Å²) in [6.07, 6.45) is 1.75. The van der Waals surface area contributed by atoms with Crippen molar-refractivity contribution >= 4 is 21.6 Å². The van der Waals surface area contributed by atoms with Crippen molar-refractivity contribution in [1.29, 1.82) is 0 Å². The minimum absolute atomic E-state index is 0.823. The van der Waals surface area contributed by atoms with E-state index in [1.807, 2.05) is 24.3 Å². The largest absolute Gasteiger partial charge is 0.496 e. The van der Waals surface area contributed by atoms with Gasteiger partial charge in [-0.2, -0.15) is 5.10 Å². The second-order valence-electron chi connectivity index (χ2n) is 4.63. The number of hydrogen-bond acceptors (Lipinski definition) is 3. The van der Waals surface area contributed by atoms with E-state index in [9.17, 15) is 0 Å². The van der Waals surface area contributed by atoms with Crippen LogP contribution in [0.25, 0.3) is 16.9 Å². The molecule has 0 aliphatic heterocycles. The summed E-state index contributed by atoms with van der Waals surface area (Å²) >= 11 is 3.45. The van der Waals surface area contributed by atoms with Crippen molar-refractivity contribution < 1.29 is 4.74 Å². The highest BCUT2D eigenvalue weighted by atomic mass is 79.9. The van der Waals surface area contributed by atoms with Gasteiger partial charge in [-0.3, -0.25) is 0 Å². The molecule has 0 N–H and O–H groups in total. The third-order valence-corrected chi connectivity index (χ3v) is 4.09. The minimum Gasteiger partial charge on any atom is -0.496 e. The van der Waals surface area contributed by atoms with Gasteiger partial charge >= 0.3 is 0 Å². The van der Waals surface area contributed by atoms with E-state index in [1.54, 1.807) is 17.8 Å². The smallest absolute Gasteiger partial charge is 0.154 e. The molecule has 3 rings (SSSR count). The van der Waals surface area contributed by atoms with Crippen LogP contribution in [0.3, 0.4) is 0 Å². The topological polar surface area (TPSA) is 39.4 Å². The molecule has 0 aliphatic carbocycles. The summed E-state index contributed by atoms with van der Waals surface area (Å²) in [4.78, 5) is 4.25. The van der Waals surface area contributed by atoms with Crippen LogP contribution >= 0.6 is 15.9 Å². The maximum absolute atomic E-state index is 5.35. The maximum Gasteiger partial charge on any atom is 0.154 e. The highest BCUT2D eigenvalue weighted by molar-refractivity contribution is 9.10. The van der Waals surface area contributed by atoms with Crippen LogP contribution in [0, 0.1) is 13.8 Å². The number of halogens is 1. The first kappa shape index (κ1) is 13.1. The highest BCUT2D eigenvalue weighted by Crippen LogP contribution is 2.30. The van der Waals surface area contributed by atoms with Crippen molar-refractivity contribution in [2.75, 3.05) is 7.11 Å². The summed E-state index contributed by atoms with van der Waals surface area (Å²) in [5, 5.41) is 4.63. The van der Waals surface area contributed by atoms with Gasteiger partial charge in [0, 0.05) is 5.56 Å². The molecule has 0 unspecified atom stereocenters. The van der Waals surface area contributed by atoms with E-state index in [0.717, 1.165) is 32.8 Å². The summed E-state index contributed by atoms with van der Waals surface area (Å²) < 4.78 is 7.98. The SMILES string of the molecule is COc1ccc(-c2ccc3ncc(Br)n3n2)c(C)c1C. The van der Waals surface area contributed by atoms with Crippen LogP contribution in [0.5, 0.6) is 5.75 Å². The van der Waals surface area contributed by atoms with Gasteiger partial charge in [-0.15, -0.1) is 0 Å². The lowest BCUT2D eigenvalue weighted by molar-refractivity contribution is 0.411. The molecule has 2 heterocycles. The number of rotatable bonds is 2. The zero-order valence-corrected chi connectivity index (χ0v) is 13.1. The molecule has 0 aliphatic rings. The van der Waals surface area contributed by atoms with Crippen molar-refractivity contribution in [2.45, 2.75) is 13.8 Å². The molecule has 1 aromatic carbocycles. The molecular weight excluding hydrogens is 318 g/mol. The van der Waals surface area contributed by atoms with Crippen molar-refractivity contribution in [1.82, 2.24) is 14.6 Å². The maximum atomic E-state index is 5.35. The van der Waals surface area contributed by atoms with Gasteiger partial charge in [0.05, 0.1) is 19.0 Å². The van der Waals surface area contributed by atoms with Crippen LogP contribution in [-0.4, -0.2) is 21.7 Å². The lowest BCUT2D eigenvalue weighted by Crippen LogP contribution is -1.98. The van der Waals surface area contributed by atoms with E-state index in [1.165, 1.54) is 5.56 Å². The predicted molar refractivity (Wildman–Crippen MR) is 82.1 cm³/mol. The Hall–Kier alpha value is -1.88. The number of fused-ring (bicyclic) bond motifs is 1. The number of imidazole rings is 1. The summed E-state index contributed by atoms with van der Waals surface area (Å²) in [7, 11) is 1.69. The summed E-state index contributed by atoms with van der Waals surface area (Å²) in [5.41, 5.74) is 5.15. The third kappa shape index (κ3) is 1.98. The molecule has 2 aromatic heterocycles. The Morgan fingerprint density at radius 3 is 2.65 bits per heavy atom. The van der Waals surface area contributed by atoms with E-state index >= 15 is 0 Å². The molecule has 102 valence electrons. The van der Waals surface area contributed by atoms with Crippen molar-refractivity contribution in [3.05, 3.63) is 46.2 Å². The second kappa shape index (κ2) is 4.90. The lowest BCUT2D eigenvalue weighted by Gasteiger charge is -2.12. The summed E-state index contributed by atoms with van der Waals surface area (Å²) in [6.45, 7) is 4.14. The van der Waals surface area contributed by atoms with E-state index in [-0.39, 0.29) is 0 Å². The number of benzene rings is 1. The number of ether oxygens (including phenoxy) is 1. The van der Waals surface area contributed by atoms with Crippen LogP contribution in [0.2, 0.25) is 0 Å². The minimum atomic E-state index is 0.823. The fraction of sp³-hybridized carbons (Fsp3) is 0.200. The van der Waals surface area contributed by atoms with Crippen LogP contribution in [-0.2, 0) is 0 Å². The van der Waals surface area contributed by atoms with E-state index in [2.05, 4.69) is 39.9 Å². The molecule has 0 amide bonds. The van der Waals surface area contributed by atoms with Gasteiger partial charge in [0.15, 0.2) is 5.65 Å². The average molecular weight is 332 g/mol. The number of methoxy groups -OCH3 is 1. The molecule has 0 spiro atoms. The fourth-order valence-electron chi connectivity index (χ4n) is 2.28. The van der Waals surface area contributed by atoms with Crippen LogP contribution in [0.4, 0.5) is 0 Å². The molecule has 0 atom stereocenters. The third-order valence-electron chi connectivity index (χ3n) is 3.55.